The van der Waals surface area contributed by atoms with Crippen LogP contribution in [0.15, 0.2) is 12.1 Å². The van der Waals surface area contributed by atoms with Crippen molar-refractivity contribution in [2.75, 3.05) is 5.88 Å². The van der Waals surface area contributed by atoms with Gasteiger partial charge in [-0.3, -0.25) is 0 Å². The van der Waals surface area contributed by atoms with Crippen LogP contribution in [0.2, 0.25) is 0 Å². The second kappa shape index (κ2) is 6.30. The van der Waals surface area contributed by atoms with Gasteiger partial charge in [0.2, 0.25) is 0 Å². The minimum Gasteiger partial charge on any atom is -0.327 e. The highest BCUT2D eigenvalue weighted by Gasteiger charge is 2.20. The Morgan fingerprint density at radius 3 is 2.67 bits per heavy atom. The number of aromatic nitrogens is 2. The number of aryl methyl sites for hydroxylation is 1. The number of hydrogen-bond acceptors (Lipinski definition) is 1. The van der Waals surface area contributed by atoms with E-state index in [9.17, 15) is 8.78 Å². The van der Waals surface area contributed by atoms with Crippen LogP contribution >= 0.6 is 11.6 Å². The van der Waals surface area contributed by atoms with Crippen molar-refractivity contribution in [3.63, 3.8) is 0 Å². The molecule has 114 valence electrons. The molecule has 1 aromatic carbocycles. The number of rotatable bonds is 4. The van der Waals surface area contributed by atoms with Gasteiger partial charge in [0, 0.05) is 24.9 Å². The average molecular weight is 313 g/mol. The normalized spacial score (nSPS) is 16.7. The molecule has 5 heteroatoms. The maximum absolute atomic E-state index is 13.9. The van der Waals surface area contributed by atoms with Crippen molar-refractivity contribution >= 4 is 22.6 Å². The molecular formula is C16H19ClF2N2. The average Bonchev–Trinajstić information content (AvgIpc) is 2.79. The third-order valence-corrected chi connectivity index (χ3v) is 4.52. The van der Waals surface area contributed by atoms with Gasteiger partial charge in [-0.05, 0) is 24.8 Å². The van der Waals surface area contributed by atoms with Crippen LogP contribution in [0.5, 0.6) is 0 Å². The zero-order valence-corrected chi connectivity index (χ0v) is 12.7. The molecule has 1 aromatic heterocycles. The Labute approximate surface area is 128 Å². The number of hydrogen-bond donors (Lipinski definition) is 0. The summed E-state index contributed by atoms with van der Waals surface area (Å²) in [6.45, 7) is 0.783. The van der Waals surface area contributed by atoms with Gasteiger partial charge in [0.15, 0.2) is 5.82 Å². The molecule has 0 aliphatic heterocycles. The maximum Gasteiger partial charge on any atom is 0.153 e. The van der Waals surface area contributed by atoms with Crippen molar-refractivity contribution in [3.8, 4) is 0 Å². The van der Waals surface area contributed by atoms with Crippen LogP contribution in [0.1, 0.15) is 37.9 Å². The van der Waals surface area contributed by atoms with E-state index < -0.39 is 11.6 Å². The molecule has 0 saturated heterocycles. The summed E-state index contributed by atoms with van der Waals surface area (Å²) < 4.78 is 29.4. The molecule has 0 unspecified atom stereocenters. The summed E-state index contributed by atoms with van der Waals surface area (Å²) in [4.78, 5) is 4.35. The molecule has 0 bridgehead atoms. The van der Waals surface area contributed by atoms with E-state index in [4.69, 9.17) is 11.6 Å². The van der Waals surface area contributed by atoms with Crippen LogP contribution in [-0.2, 0) is 13.0 Å². The van der Waals surface area contributed by atoms with E-state index in [0.717, 1.165) is 18.4 Å². The Kier molecular flexibility index (Phi) is 4.43. The highest BCUT2D eigenvalue weighted by molar-refractivity contribution is 6.17. The second-order valence-corrected chi connectivity index (χ2v) is 6.21. The lowest BCUT2D eigenvalue weighted by molar-refractivity contribution is 0.319. The second-order valence-electron chi connectivity index (χ2n) is 5.84. The van der Waals surface area contributed by atoms with Crippen LogP contribution in [0.4, 0.5) is 8.78 Å². The van der Waals surface area contributed by atoms with Crippen LogP contribution in [0.25, 0.3) is 11.0 Å². The van der Waals surface area contributed by atoms with Crippen molar-refractivity contribution in [2.45, 2.75) is 45.1 Å². The molecule has 3 rings (SSSR count). The summed E-state index contributed by atoms with van der Waals surface area (Å²) in [5, 5.41) is 0. The zero-order chi connectivity index (χ0) is 14.8. The van der Waals surface area contributed by atoms with E-state index in [1.54, 1.807) is 0 Å². The van der Waals surface area contributed by atoms with Gasteiger partial charge in [0.1, 0.15) is 17.2 Å². The Morgan fingerprint density at radius 2 is 1.95 bits per heavy atom. The third-order valence-electron chi connectivity index (χ3n) is 4.33. The quantitative estimate of drug-likeness (QED) is 0.750. The number of alkyl halides is 1. The Balaban J connectivity index is 2.02. The van der Waals surface area contributed by atoms with Gasteiger partial charge >= 0.3 is 0 Å². The molecule has 0 radical (unpaired) electrons. The first-order chi connectivity index (χ1) is 10.2. The van der Waals surface area contributed by atoms with E-state index in [1.165, 1.54) is 38.2 Å². The van der Waals surface area contributed by atoms with Gasteiger partial charge in [0.05, 0.1) is 5.52 Å². The summed E-state index contributed by atoms with van der Waals surface area (Å²) in [5.41, 5.74) is 0.811. The number of benzene rings is 1. The van der Waals surface area contributed by atoms with Gasteiger partial charge in [-0.2, -0.15) is 0 Å². The Morgan fingerprint density at radius 1 is 1.19 bits per heavy atom. The molecule has 0 amide bonds. The van der Waals surface area contributed by atoms with Crippen LogP contribution in [0, 0.1) is 17.6 Å². The molecule has 1 fully saturated rings. The number of nitrogens with zero attached hydrogens (tertiary/aromatic N) is 2. The smallest absolute Gasteiger partial charge is 0.153 e. The zero-order valence-electron chi connectivity index (χ0n) is 11.9. The fourth-order valence-corrected chi connectivity index (χ4v) is 3.47. The molecule has 2 nitrogen and oxygen atoms in total. The number of halogens is 3. The monoisotopic (exact) mass is 312 g/mol. The lowest BCUT2D eigenvalue weighted by Crippen LogP contribution is -2.16. The minimum atomic E-state index is -0.594. The van der Waals surface area contributed by atoms with Crippen LogP contribution in [0.3, 0.4) is 0 Å². The predicted molar refractivity (Wildman–Crippen MR) is 80.6 cm³/mol. The van der Waals surface area contributed by atoms with E-state index >= 15 is 0 Å². The van der Waals surface area contributed by atoms with Gasteiger partial charge in [-0.1, -0.05) is 19.3 Å². The van der Waals surface area contributed by atoms with E-state index in [2.05, 4.69) is 4.98 Å². The molecule has 0 spiro atoms. The molecule has 1 aliphatic carbocycles. The largest absolute Gasteiger partial charge is 0.327 e. The van der Waals surface area contributed by atoms with Crippen molar-refractivity contribution < 1.29 is 8.78 Å². The first-order valence-electron chi connectivity index (χ1n) is 7.59. The molecule has 1 saturated carbocycles. The van der Waals surface area contributed by atoms with Gasteiger partial charge in [0.25, 0.3) is 0 Å². The molecule has 2 aromatic rings. The summed E-state index contributed by atoms with van der Waals surface area (Å²) in [7, 11) is 0. The van der Waals surface area contributed by atoms with E-state index in [0.29, 0.717) is 23.7 Å². The summed E-state index contributed by atoms with van der Waals surface area (Å²) in [6.07, 6.45) is 6.70. The fraction of sp³-hybridized carbons (Fsp3) is 0.562. The predicted octanol–water partition coefficient (Wildman–Crippen LogP) is 4.68. The molecular weight excluding hydrogens is 294 g/mol. The molecule has 21 heavy (non-hydrogen) atoms. The molecule has 0 atom stereocenters. The van der Waals surface area contributed by atoms with Crippen molar-refractivity contribution in [1.82, 2.24) is 9.55 Å². The molecule has 1 aliphatic rings. The van der Waals surface area contributed by atoms with Crippen LogP contribution < -0.4 is 0 Å². The Hall–Kier alpha value is -1.16. The molecule has 1 heterocycles. The summed E-state index contributed by atoms with van der Waals surface area (Å²) >= 11 is 5.83. The standard InChI is InChI=1S/C16H19ClF2N2/c17-7-6-15-20-16-13(19)8-12(18)9-14(16)21(15)10-11-4-2-1-3-5-11/h8-9,11H,1-7,10H2. The summed E-state index contributed by atoms with van der Waals surface area (Å²) in [6, 6.07) is 2.27. The first-order valence-corrected chi connectivity index (χ1v) is 8.12. The Bertz CT molecular complexity index is 633. The van der Waals surface area contributed by atoms with Gasteiger partial charge in [-0.15, -0.1) is 11.6 Å². The lowest BCUT2D eigenvalue weighted by atomic mass is 9.89. The SMILES string of the molecule is Fc1cc(F)c2nc(CCCl)n(CC3CCCCC3)c2c1. The van der Waals surface area contributed by atoms with Crippen molar-refractivity contribution in [1.29, 1.82) is 0 Å². The van der Waals surface area contributed by atoms with E-state index in [-0.39, 0.29) is 5.52 Å². The fourth-order valence-electron chi connectivity index (χ4n) is 3.30. The molecule has 0 N–H and O–H groups in total. The minimum absolute atomic E-state index is 0.257. The number of fused-ring (bicyclic) bond motifs is 1. The highest BCUT2D eigenvalue weighted by Crippen LogP contribution is 2.28. The van der Waals surface area contributed by atoms with Gasteiger partial charge in [-0.25, -0.2) is 13.8 Å². The van der Waals surface area contributed by atoms with Crippen LogP contribution in [-0.4, -0.2) is 15.4 Å². The van der Waals surface area contributed by atoms with Gasteiger partial charge < -0.3 is 4.57 Å². The van der Waals surface area contributed by atoms with Crippen molar-refractivity contribution in [2.24, 2.45) is 5.92 Å². The number of imidazole rings is 1. The topological polar surface area (TPSA) is 17.8 Å². The summed E-state index contributed by atoms with van der Waals surface area (Å²) in [5.74, 6) is 0.606. The lowest BCUT2D eigenvalue weighted by Gasteiger charge is -2.23. The third kappa shape index (κ3) is 3.05. The van der Waals surface area contributed by atoms with Crippen molar-refractivity contribution in [3.05, 3.63) is 29.6 Å². The maximum atomic E-state index is 13.9. The van der Waals surface area contributed by atoms with E-state index in [1.807, 2.05) is 4.57 Å². The first kappa shape index (κ1) is 14.8. The highest BCUT2D eigenvalue weighted by atomic mass is 35.5.